The predicted molar refractivity (Wildman–Crippen MR) is 108 cm³/mol. The molecule has 29 heavy (non-hydrogen) atoms. The summed E-state index contributed by atoms with van der Waals surface area (Å²) in [5, 5.41) is 0. The van der Waals surface area contributed by atoms with E-state index in [2.05, 4.69) is 18.9 Å². The van der Waals surface area contributed by atoms with Crippen molar-refractivity contribution in [3.05, 3.63) is 76.4 Å². The van der Waals surface area contributed by atoms with Crippen LogP contribution in [-0.2, 0) is 26.5 Å². The fraction of sp³-hybridized carbons (Fsp3) is 0.391. The van der Waals surface area contributed by atoms with Crippen molar-refractivity contribution >= 4 is 11.7 Å². The molecule has 1 saturated heterocycles. The highest BCUT2D eigenvalue weighted by Crippen LogP contribution is 2.43. The number of hydrogen-bond donors (Lipinski definition) is 0. The molecule has 0 saturated carbocycles. The van der Waals surface area contributed by atoms with Crippen LogP contribution in [-0.4, -0.2) is 37.8 Å². The second kappa shape index (κ2) is 8.32. The average molecular weight is 397 g/mol. The summed E-state index contributed by atoms with van der Waals surface area (Å²) in [6.07, 6.45) is 1.60. The van der Waals surface area contributed by atoms with Crippen LogP contribution in [0.25, 0.3) is 4.85 Å². The van der Waals surface area contributed by atoms with Crippen LogP contribution in [0.3, 0.4) is 0 Å². The first-order valence-electron chi connectivity index (χ1n) is 9.62. The van der Waals surface area contributed by atoms with Crippen molar-refractivity contribution in [2.24, 2.45) is 0 Å². The van der Waals surface area contributed by atoms with Gasteiger partial charge in [-0.2, -0.15) is 0 Å². The molecule has 152 valence electrons. The highest BCUT2D eigenvalue weighted by atomic mass is 19.1. The average Bonchev–Trinajstić information content (AvgIpc) is 2.85. The Labute approximate surface area is 171 Å². The molecule has 2 aromatic carbocycles. The lowest BCUT2D eigenvalue weighted by Crippen LogP contribution is -2.42. The molecule has 0 spiro atoms. The van der Waals surface area contributed by atoms with E-state index in [9.17, 15) is 9.18 Å². The molecule has 1 aliphatic heterocycles. The maximum absolute atomic E-state index is 13.6. The van der Waals surface area contributed by atoms with Crippen molar-refractivity contribution in [1.29, 1.82) is 0 Å². The van der Waals surface area contributed by atoms with E-state index >= 15 is 0 Å². The highest BCUT2D eigenvalue weighted by Gasteiger charge is 2.41. The van der Waals surface area contributed by atoms with Crippen molar-refractivity contribution in [1.82, 2.24) is 0 Å². The third-order valence-electron chi connectivity index (χ3n) is 5.35. The number of halogens is 1. The third kappa shape index (κ3) is 4.64. The van der Waals surface area contributed by atoms with Crippen LogP contribution in [0.4, 0.5) is 10.1 Å². The standard InChI is InChI=1S/C23H26FN2O3/c1-17(27)28-15-18-14-21(25-2)10-11-22(18)23(19-6-8-20(24)9-7-19)12-5-13-26(3,4)16-29-23/h6-11,14H,5,12-13,15-16H2,1,3-4H3/q+1. The number of carbonyl (C=O) groups is 1. The molecule has 1 atom stereocenters. The van der Waals surface area contributed by atoms with E-state index < -0.39 is 5.60 Å². The summed E-state index contributed by atoms with van der Waals surface area (Å²) in [6, 6.07) is 11.7. The van der Waals surface area contributed by atoms with Crippen molar-refractivity contribution in [2.75, 3.05) is 27.4 Å². The summed E-state index contributed by atoms with van der Waals surface area (Å²) >= 11 is 0. The van der Waals surface area contributed by atoms with Gasteiger partial charge in [0.25, 0.3) is 0 Å². The van der Waals surface area contributed by atoms with E-state index in [-0.39, 0.29) is 18.4 Å². The van der Waals surface area contributed by atoms with Crippen LogP contribution in [0.5, 0.6) is 0 Å². The van der Waals surface area contributed by atoms with Gasteiger partial charge in [0.05, 0.1) is 27.2 Å². The van der Waals surface area contributed by atoms with E-state index in [4.69, 9.17) is 16.0 Å². The second-order valence-corrected chi connectivity index (χ2v) is 8.10. The normalized spacial score (nSPS) is 21.1. The van der Waals surface area contributed by atoms with Crippen molar-refractivity contribution in [3.8, 4) is 0 Å². The predicted octanol–water partition coefficient (Wildman–Crippen LogP) is 4.53. The van der Waals surface area contributed by atoms with Crippen molar-refractivity contribution in [2.45, 2.75) is 32.0 Å². The molecule has 0 N–H and O–H groups in total. The van der Waals surface area contributed by atoms with E-state index in [0.29, 0.717) is 23.3 Å². The largest absolute Gasteiger partial charge is 0.461 e. The fourth-order valence-corrected chi connectivity index (χ4v) is 3.83. The molecule has 0 bridgehead atoms. The first-order valence-corrected chi connectivity index (χ1v) is 9.62. The summed E-state index contributed by atoms with van der Waals surface area (Å²) in [7, 11) is 4.23. The number of ether oxygens (including phenoxy) is 2. The Bertz CT molecular complexity index is 934. The number of hydrogen-bond acceptors (Lipinski definition) is 3. The zero-order valence-electron chi connectivity index (χ0n) is 17.1. The van der Waals surface area contributed by atoms with Gasteiger partial charge in [0.15, 0.2) is 12.4 Å². The molecule has 0 aliphatic carbocycles. The van der Waals surface area contributed by atoms with E-state index in [1.165, 1.54) is 19.1 Å². The molecule has 5 nitrogen and oxygen atoms in total. The molecule has 1 aliphatic rings. The lowest BCUT2D eigenvalue weighted by atomic mass is 9.80. The van der Waals surface area contributed by atoms with E-state index in [1.54, 1.807) is 24.3 Å². The van der Waals surface area contributed by atoms with Crippen LogP contribution in [0.1, 0.15) is 36.5 Å². The number of quaternary nitrogens is 1. The smallest absolute Gasteiger partial charge is 0.302 e. The third-order valence-corrected chi connectivity index (χ3v) is 5.35. The molecular weight excluding hydrogens is 371 g/mol. The number of nitrogens with zero attached hydrogens (tertiary/aromatic N) is 2. The molecule has 6 heteroatoms. The van der Waals surface area contributed by atoms with Gasteiger partial charge in [0.1, 0.15) is 18.0 Å². The van der Waals surface area contributed by atoms with Gasteiger partial charge in [-0.05, 0) is 41.3 Å². The summed E-state index contributed by atoms with van der Waals surface area (Å²) in [5.41, 5.74) is 2.08. The summed E-state index contributed by atoms with van der Waals surface area (Å²) < 4.78 is 26.2. The highest BCUT2D eigenvalue weighted by molar-refractivity contribution is 5.66. The van der Waals surface area contributed by atoms with Gasteiger partial charge in [0.2, 0.25) is 0 Å². The Morgan fingerprint density at radius 2 is 2.00 bits per heavy atom. The Balaban J connectivity index is 2.17. The number of benzene rings is 2. The second-order valence-electron chi connectivity index (χ2n) is 8.10. The van der Waals surface area contributed by atoms with Crippen LogP contribution < -0.4 is 0 Å². The molecule has 0 amide bonds. The molecule has 0 aromatic heterocycles. The minimum atomic E-state index is -0.810. The lowest BCUT2D eigenvalue weighted by Gasteiger charge is -2.36. The molecular formula is C23H26FN2O3+. The van der Waals surface area contributed by atoms with Gasteiger partial charge in [-0.25, -0.2) is 9.24 Å². The maximum atomic E-state index is 13.6. The molecule has 3 rings (SSSR count). The van der Waals surface area contributed by atoms with Gasteiger partial charge in [-0.3, -0.25) is 4.79 Å². The van der Waals surface area contributed by atoms with Crippen LogP contribution in [0.2, 0.25) is 0 Å². The zero-order chi connectivity index (χ0) is 21.1. The quantitative estimate of drug-likeness (QED) is 0.432. The summed E-state index contributed by atoms with van der Waals surface area (Å²) in [5.74, 6) is -0.697. The summed E-state index contributed by atoms with van der Waals surface area (Å²) in [6.45, 7) is 10.2. The molecule has 0 radical (unpaired) electrons. The Hall–Kier alpha value is -2.75. The Morgan fingerprint density at radius 3 is 2.66 bits per heavy atom. The molecule has 1 unspecified atom stereocenters. The maximum Gasteiger partial charge on any atom is 0.302 e. The molecule has 2 aromatic rings. The van der Waals surface area contributed by atoms with E-state index in [0.717, 1.165) is 29.7 Å². The van der Waals surface area contributed by atoms with Gasteiger partial charge in [-0.15, -0.1) is 0 Å². The van der Waals surface area contributed by atoms with Gasteiger partial charge in [0, 0.05) is 13.3 Å². The van der Waals surface area contributed by atoms with Crippen LogP contribution in [0, 0.1) is 12.4 Å². The van der Waals surface area contributed by atoms with E-state index in [1.807, 2.05) is 6.07 Å². The van der Waals surface area contributed by atoms with Crippen LogP contribution in [0.15, 0.2) is 42.5 Å². The SMILES string of the molecule is [C-]#[N+]c1ccc(C2(c3ccc(F)cc3)CCC[N+](C)(C)CO2)c(COC(C)=O)c1. The first-order chi connectivity index (χ1) is 13.8. The Kier molecular flexibility index (Phi) is 6.02. The van der Waals surface area contributed by atoms with Crippen molar-refractivity contribution < 1.29 is 23.1 Å². The fourth-order valence-electron chi connectivity index (χ4n) is 3.83. The molecule has 1 heterocycles. The first kappa shape index (κ1) is 21.0. The van der Waals surface area contributed by atoms with Gasteiger partial charge in [-0.1, -0.05) is 24.3 Å². The minimum Gasteiger partial charge on any atom is -0.461 e. The summed E-state index contributed by atoms with van der Waals surface area (Å²) in [4.78, 5) is 14.9. The minimum absolute atomic E-state index is 0.0541. The lowest BCUT2D eigenvalue weighted by molar-refractivity contribution is -0.909. The topological polar surface area (TPSA) is 39.9 Å². The number of carbonyl (C=O) groups excluding carboxylic acids is 1. The monoisotopic (exact) mass is 397 g/mol. The van der Waals surface area contributed by atoms with Crippen LogP contribution >= 0.6 is 0 Å². The zero-order valence-corrected chi connectivity index (χ0v) is 17.1. The molecule has 1 fully saturated rings. The Morgan fingerprint density at radius 1 is 1.28 bits per heavy atom. The van der Waals surface area contributed by atoms with Gasteiger partial charge < -0.3 is 14.0 Å². The number of rotatable bonds is 4. The number of esters is 1. The van der Waals surface area contributed by atoms with Crippen molar-refractivity contribution in [3.63, 3.8) is 0 Å². The van der Waals surface area contributed by atoms with Gasteiger partial charge >= 0.3 is 5.97 Å².